The molecule has 0 atom stereocenters. The van der Waals surface area contributed by atoms with Crippen LogP contribution in [0.15, 0.2) is 75.4 Å². The van der Waals surface area contributed by atoms with E-state index < -0.39 is 0 Å². The van der Waals surface area contributed by atoms with Crippen LogP contribution in [0.5, 0.6) is 11.5 Å². The third kappa shape index (κ3) is 4.16. The molecule has 25 heavy (non-hydrogen) atoms. The van der Waals surface area contributed by atoms with Crippen molar-refractivity contribution in [3.05, 3.63) is 70.7 Å². The Morgan fingerprint density at radius 3 is 2.28 bits per heavy atom. The molecule has 3 aromatic rings. The summed E-state index contributed by atoms with van der Waals surface area (Å²) in [5.74, 6) is -0.0967. The summed E-state index contributed by atoms with van der Waals surface area (Å²) in [6, 6.07) is 17.8. The van der Waals surface area contributed by atoms with Crippen molar-refractivity contribution in [3.8, 4) is 11.5 Å². The summed E-state index contributed by atoms with van der Waals surface area (Å²) in [4.78, 5) is 0. The molecule has 126 valence electrons. The summed E-state index contributed by atoms with van der Waals surface area (Å²) < 4.78 is 0.943. The summed E-state index contributed by atoms with van der Waals surface area (Å²) in [5, 5.41) is 31.6. The van der Waals surface area contributed by atoms with Crippen molar-refractivity contribution in [2.75, 3.05) is 5.32 Å². The molecule has 0 amide bonds. The van der Waals surface area contributed by atoms with Gasteiger partial charge in [0.05, 0.1) is 11.4 Å². The second kappa shape index (κ2) is 7.36. The molecular weight excluding hydrogens is 382 g/mol. The molecule has 0 unspecified atom stereocenters. The first kappa shape index (κ1) is 17.0. The average molecular weight is 398 g/mol. The maximum atomic E-state index is 10.2. The Kier molecular flexibility index (Phi) is 5.00. The third-order valence-electron chi connectivity index (χ3n) is 3.61. The van der Waals surface area contributed by atoms with Crippen molar-refractivity contribution < 1.29 is 10.2 Å². The molecule has 0 bridgehead atoms. The van der Waals surface area contributed by atoms with E-state index in [1.54, 1.807) is 12.1 Å². The highest BCUT2D eigenvalue weighted by Gasteiger charge is 2.09. The molecule has 0 aromatic heterocycles. The number of nitrogens with zero attached hydrogens (tertiary/aromatic N) is 2. The van der Waals surface area contributed by atoms with E-state index in [0.29, 0.717) is 11.4 Å². The highest BCUT2D eigenvalue weighted by molar-refractivity contribution is 9.10. The molecule has 0 saturated carbocycles. The molecule has 0 radical (unpaired) electrons. The lowest BCUT2D eigenvalue weighted by molar-refractivity contribution is 0.463. The molecular formula is C19H16BrN3O2. The van der Waals surface area contributed by atoms with Gasteiger partial charge in [-0.15, -0.1) is 5.11 Å². The van der Waals surface area contributed by atoms with Crippen LogP contribution in [0.3, 0.4) is 0 Å². The van der Waals surface area contributed by atoms with Gasteiger partial charge in [0.15, 0.2) is 0 Å². The Morgan fingerprint density at radius 2 is 1.56 bits per heavy atom. The monoisotopic (exact) mass is 397 g/mol. The first-order valence-corrected chi connectivity index (χ1v) is 8.38. The van der Waals surface area contributed by atoms with E-state index in [4.69, 9.17) is 0 Å². The van der Waals surface area contributed by atoms with Crippen LogP contribution in [0, 0.1) is 6.92 Å². The number of nitrogens with one attached hydrogen (secondary N) is 1. The second-order valence-corrected chi connectivity index (χ2v) is 6.39. The van der Waals surface area contributed by atoms with Gasteiger partial charge in [-0.05, 0) is 42.8 Å². The van der Waals surface area contributed by atoms with E-state index in [1.165, 1.54) is 12.1 Å². The van der Waals surface area contributed by atoms with Gasteiger partial charge in [0.2, 0.25) is 0 Å². The quantitative estimate of drug-likeness (QED) is 0.273. The number of phenolic OH excluding ortho intramolecular Hbond substituents is 2. The Bertz CT molecular complexity index is 924. The van der Waals surface area contributed by atoms with E-state index in [-0.39, 0.29) is 17.2 Å². The van der Waals surface area contributed by atoms with E-state index in [9.17, 15) is 10.2 Å². The van der Waals surface area contributed by atoms with Gasteiger partial charge in [-0.1, -0.05) is 34.1 Å². The molecule has 0 spiro atoms. The van der Waals surface area contributed by atoms with Gasteiger partial charge in [-0.25, -0.2) is 0 Å². The van der Waals surface area contributed by atoms with Crippen molar-refractivity contribution in [1.82, 2.24) is 0 Å². The van der Waals surface area contributed by atoms with Crippen LogP contribution < -0.4 is 5.32 Å². The maximum absolute atomic E-state index is 10.2. The van der Waals surface area contributed by atoms with Crippen LogP contribution >= 0.6 is 15.9 Å². The van der Waals surface area contributed by atoms with Crippen LogP contribution in [0.4, 0.5) is 22.7 Å². The van der Waals surface area contributed by atoms with Gasteiger partial charge >= 0.3 is 0 Å². The first-order valence-electron chi connectivity index (χ1n) is 7.59. The van der Waals surface area contributed by atoms with Gasteiger partial charge in [-0.3, -0.25) is 0 Å². The molecule has 0 fully saturated rings. The van der Waals surface area contributed by atoms with Gasteiger partial charge in [-0.2, -0.15) is 5.11 Å². The average Bonchev–Trinajstić information content (AvgIpc) is 2.60. The molecule has 6 heteroatoms. The lowest BCUT2D eigenvalue weighted by Gasteiger charge is -2.12. The van der Waals surface area contributed by atoms with Gasteiger partial charge in [0.1, 0.15) is 17.2 Å². The fourth-order valence-corrected chi connectivity index (χ4v) is 2.49. The van der Waals surface area contributed by atoms with E-state index >= 15 is 0 Å². The number of anilines is 2. The molecule has 0 saturated heterocycles. The van der Waals surface area contributed by atoms with E-state index in [0.717, 1.165) is 15.7 Å². The zero-order chi connectivity index (χ0) is 17.8. The summed E-state index contributed by atoms with van der Waals surface area (Å²) in [6.07, 6.45) is 0. The summed E-state index contributed by atoms with van der Waals surface area (Å²) in [7, 11) is 0. The normalized spacial score (nSPS) is 11.0. The Balaban J connectivity index is 1.85. The number of halogens is 1. The highest BCUT2D eigenvalue weighted by Crippen LogP contribution is 2.39. The lowest BCUT2D eigenvalue weighted by Crippen LogP contribution is -1.93. The van der Waals surface area contributed by atoms with E-state index in [1.807, 2.05) is 43.3 Å². The summed E-state index contributed by atoms with van der Waals surface area (Å²) >= 11 is 3.35. The zero-order valence-electron chi connectivity index (χ0n) is 13.4. The van der Waals surface area contributed by atoms with Crippen molar-refractivity contribution in [2.45, 2.75) is 6.92 Å². The highest BCUT2D eigenvalue weighted by atomic mass is 79.9. The predicted molar refractivity (Wildman–Crippen MR) is 103 cm³/mol. The minimum Gasteiger partial charge on any atom is -0.506 e. The summed E-state index contributed by atoms with van der Waals surface area (Å²) in [5.41, 5.74) is 3.11. The second-order valence-electron chi connectivity index (χ2n) is 5.47. The van der Waals surface area contributed by atoms with Gasteiger partial charge in [0.25, 0.3) is 0 Å². The largest absolute Gasteiger partial charge is 0.506 e. The van der Waals surface area contributed by atoms with Crippen LogP contribution in [0.25, 0.3) is 0 Å². The Labute approximate surface area is 153 Å². The fraction of sp³-hybridized carbons (Fsp3) is 0.0526. The number of hydrogen-bond acceptors (Lipinski definition) is 5. The minimum atomic E-state index is -0.0743. The van der Waals surface area contributed by atoms with Gasteiger partial charge in [0, 0.05) is 22.3 Å². The van der Waals surface area contributed by atoms with Crippen LogP contribution in [-0.4, -0.2) is 10.2 Å². The molecule has 0 aliphatic carbocycles. The van der Waals surface area contributed by atoms with Crippen LogP contribution in [-0.2, 0) is 0 Å². The first-order chi connectivity index (χ1) is 12.0. The molecule has 5 nitrogen and oxygen atoms in total. The maximum Gasteiger partial charge on any atom is 0.145 e. The van der Waals surface area contributed by atoms with Crippen molar-refractivity contribution in [2.24, 2.45) is 10.2 Å². The number of aromatic hydroxyl groups is 2. The standard InChI is InChI=1S/C19H16BrN3O2/c1-12-4-2-3-5-15(12)21-16-10-19(25)17(11-18(16)24)23-22-14-8-6-13(20)7-9-14/h2-11,21,24-25H,1H3. The van der Waals surface area contributed by atoms with Crippen molar-refractivity contribution in [1.29, 1.82) is 0 Å². The number of aryl methyl sites for hydroxylation is 1. The number of hydrogen-bond donors (Lipinski definition) is 3. The summed E-state index contributed by atoms with van der Waals surface area (Å²) in [6.45, 7) is 1.96. The topological polar surface area (TPSA) is 77.2 Å². The van der Waals surface area contributed by atoms with Crippen LogP contribution in [0.1, 0.15) is 5.56 Å². The Hall–Kier alpha value is -2.86. The van der Waals surface area contributed by atoms with Gasteiger partial charge < -0.3 is 15.5 Å². The molecule has 0 aliphatic heterocycles. The SMILES string of the molecule is Cc1ccccc1Nc1cc(O)c(N=Nc2ccc(Br)cc2)cc1O. The fourth-order valence-electron chi connectivity index (χ4n) is 2.22. The number of para-hydroxylation sites is 1. The van der Waals surface area contributed by atoms with Crippen LogP contribution in [0.2, 0.25) is 0 Å². The molecule has 3 rings (SSSR count). The predicted octanol–water partition coefficient (Wildman–Crippen LogP) is 6.33. The number of benzene rings is 3. The molecule has 0 aliphatic rings. The lowest BCUT2D eigenvalue weighted by atomic mass is 10.2. The molecule has 3 aromatic carbocycles. The molecule has 0 heterocycles. The van der Waals surface area contributed by atoms with Crippen molar-refractivity contribution in [3.63, 3.8) is 0 Å². The molecule has 3 N–H and O–H groups in total. The zero-order valence-corrected chi connectivity index (χ0v) is 15.0. The number of phenols is 2. The van der Waals surface area contributed by atoms with E-state index in [2.05, 4.69) is 31.5 Å². The minimum absolute atomic E-state index is 0.0224. The smallest absolute Gasteiger partial charge is 0.145 e. The number of rotatable bonds is 4. The Morgan fingerprint density at radius 1 is 0.840 bits per heavy atom. The third-order valence-corrected chi connectivity index (χ3v) is 4.14. The van der Waals surface area contributed by atoms with Crippen molar-refractivity contribution >= 4 is 38.7 Å². The number of azo groups is 1.